The summed E-state index contributed by atoms with van der Waals surface area (Å²) >= 11 is 3.09. The Labute approximate surface area is 181 Å². The number of thioether (sulfide) groups is 2. The van der Waals surface area contributed by atoms with E-state index in [0.29, 0.717) is 24.3 Å². The van der Waals surface area contributed by atoms with Gasteiger partial charge in [-0.1, -0.05) is 0 Å². The lowest BCUT2D eigenvalue weighted by Gasteiger charge is -2.34. The number of nitro benzene ring substituents is 1. The number of rotatable bonds is 9. The van der Waals surface area contributed by atoms with E-state index in [2.05, 4.69) is 5.32 Å². The first-order chi connectivity index (χ1) is 14.3. The van der Waals surface area contributed by atoms with E-state index in [4.69, 9.17) is 4.74 Å². The van der Waals surface area contributed by atoms with Crippen molar-refractivity contribution in [2.45, 2.75) is 37.5 Å². The molecule has 1 saturated heterocycles. The molecule has 0 bridgehead atoms. The monoisotopic (exact) mass is 451 g/mol. The molecule has 1 aromatic rings. The SMILES string of the molecule is CC(=O)NCCSC(C)C1=C(C(=O)OCc2ccc([N+](=O)[O-])cc2)N2C(=O)C[C@H]2S1. The number of benzene rings is 1. The quantitative estimate of drug-likeness (QED) is 0.200. The first-order valence-electron chi connectivity index (χ1n) is 9.27. The summed E-state index contributed by atoms with van der Waals surface area (Å²) in [6, 6.07) is 5.76. The van der Waals surface area contributed by atoms with Crippen molar-refractivity contribution >= 4 is 47.0 Å². The number of amides is 2. The van der Waals surface area contributed by atoms with E-state index in [1.807, 2.05) is 6.92 Å². The molecule has 3 rings (SSSR count). The fourth-order valence-electron chi connectivity index (χ4n) is 3.03. The lowest BCUT2D eigenvalue weighted by molar-refractivity contribution is -0.384. The number of nitro groups is 1. The maximum absolute atomic E-state index is 12.8. The number of hydrogen-bond acceptors (Lipinski definition) is 8. The van der Waals surface area contributed by atoms with Crippen LogP contribution in [0.3, 0.4) is 0 Å². The maximum Gasteiger partial charge on any atom is 0.356 e. The summed E-state index contributed by atoms with van der Waals surface area (Å²) in [4.78, 5) is 48.4. The Morgan fingerprint density at radius 1 is 1.40 bits per heavy atom. The number of carbonyl (C=O) groups excluding carboxylic acids is 3. The molecule has 0 aromatic heterocycles. The Morgan fingerprint density at radius 2 is 2.10 bits per heavy atom. The fraction of sp³-hybridized carbons (Fsp3) is 0.421. The molecule has 9 nitrogen and oxygen atoms in total. The van der Waals surface area contributed by atoms with Gasteiger partial charge in [0.2, 0.25) is 11.8 Å². The number of esters is 1. The highest BCUT2D eigenvalue weighted by Gasteiger charge is 2.49. The predicted octanol–water partition coefficient (Wildman–Crippen LogP) is 2.41. The van der Waals surface area contributed by atoms with E-state index >= 15 is 0 Å². The highest BCUT2D eigenvalue weighted by molar-refractivity contribution is 8.06. The summed E-state index contributed by atoms with van der Waals surface area (Å²) < 4.78 is 5.41. The standard InChI is InChI=1S/C19H21N3O6S2/c1-11(29-8-7-20-12(2)23)18-17(21-15(24)9-16(21)30-18)19(25)28-10-13-3-5-14(6-4-13)22(26)27/h3-6,11,16H,7-10H2,1-2H3,(H,20,23)/t11?,16-/m1/s1. The van der Waals surface area contributed by atoms with Gasteiger partial charge in [-0.25, -0.2) is 4.79 Å². The molecule has 1 fully saturated rings. The highest BCUT2D eigenvalue weighted by atomic mass is 32.2. The van der Waals surface area contributed by atoms with Gasteiger partial charge in [0.25, 0.3) is 5.69 Å². The van der Waals surface area contributed by atoms with Crippen LogP contribution < -0.4 is 5.32 Å². The van der Waals surface area contributed by atoms with Crippen molar-refractivity contribution in [2.75, 3.05) is 12.3 Å². The smallest absolute Gasteiger partial charge is 0.356 e. The maximum atomic E-state index is 12.8. The minimum Gasteiger partial charge on any atom is -0.456 e. The van der Waals surface area contributed by atoms with Gasteiger partial charge in [0.15, 0.2) is 0 Å². The number of nitrogens with one attached hydrogen (secondary N) is 1. The molecule has 2 amide bonds. The lowest BCUT2D eigenvalue weighted by Crippen LogP contribution is -2.48. The molecule has 0 radical (unpaired) electrons. The normalized spacial score (nSPS) is 18.5. The van der Waals surface area contributed by atoms with Crippen LogP contribution >= 0.6 is 23.5 Å². The number of hydrogen-bond donors (Lipinski definition) is 1. The summed E-state index contributed by atoms with van der Waals surface area (Å²) in [6.45, 7) is 3.89. The molecule has 1 unspecified atom stereocenters. The highest BCUT2D eigenvalue weighted by Crippen LogP contribution is 2.49. The summed E-state index contributed by atoms with van der Waals surface area (Å²) in [5, 5.41) is 13.4. The number of β-lactam (4-membered cyclic amide) rings is 1. The molecule has 0 aliphatic carbocycles. The van der Waals surface area contributed by atoms with Crippen molar-refractivity contribution in [1.82, 2.24) is 10.2 Å². The Hall–Kier alpha value is -2.53. The number of ether oxygens (including phenoxy) is 1. The summed E-state index contributed by atoms with van der Waals surface area (Å²) in [6.07, 6.45) is 0.385. The van der Waals surface area contributed by atoms with Crippen LogP contribution in [0.25, 0.3) is 0 Å². The van der Waals surface area contributed by atoms with Crippen molar-refractivity contribution in [2.24, 2.45) is 0 Å². The molecule has 2 aliphatic rings. The molecule has 2 aliphatic heterocycles. The average molecular weight is 452 g/mol. The first-order valence-corrected chi connectivity index (χ1v) is 11.2. The van der Waals surface area contributed by atoms with E-state index in [1.165, 1.54) is 47.9 Å². The van der Waals surface area contributed by atoms with Gasteiger partial charge in [-0.2, -0.15) is 11.8 Å². The largest absolute Gasteiger partial charge is 0.456 e. The topological polar surface area (TPSA) is 119 Å². The molecule has 160 valence electrons. The average Bonchev–Trinajstić information content (AvgIpc) is 3.02. The molecule has 2 heterocycles. The Bertz CT molecular complexity index is 902. The number of fused-ring (bicyclic) bond motifs is 1. The van der Waals surface area contributed by atoms with Crippen LogP contribution in [-0.4, -0.2) is 50.5 Å². The molecule has 2 atom stereocenters. The van der Waals surface area contributed by atoms with E-state index in [9.17, 15) is 24.5 Å². The van der Waals surface area contributed by atoms with Gasteiger partial charge in [-0.3, -0.25) is 24.6 Å². The van der Waals surface area contributed by atoms with Crippen molar-refractivity contribution in [3.63, 3.8) is 0 Å². The molecule has 0 spiro atoms. The third-order valence-electron chi connectivity index (χ3n) is 4.57. The van der Waals surface area contributed by atoms with Gasteiger partial charge in [-0.15, -0.1) is 11.8 Å². The Morgan fingerprint density at radius 3 is 2.70 bits per heavy atom. The second kappa shape index (κ2) is 9.52. The Balaban J connectivity index is 1.66. The van der Waals surface area contributed by atoms with Crippen molar-refractivity contribution in [3.05, 3.63) is 50.5 Å². The molecule has 0 saturated carbocycles. The molecule has 30 heavy (non-hydrogen) atoms. The van der Waals surface area contributed by atoms with Crippen molar-refractivity contribution < 1.29 is 24.0 Å². The summed E-state index contributed by atoms with van der Waals surface area (Å²) in [7, 11) is 0. The number of nitrogens with zero attached hydrogens (tertiary/aromatic N) is 2. The molecule has 1 aromatic carbocycles. The summed E-state index contributed by atoms with van der Waals surface area (Å²) in [5.41, 5.74) is 0.857. The van der Waals surface area contributed by atoms with Crippen molar-refractivity contribution in [1.29, 1.82) is 0 Å². The van der Waals surface area contributed by atoms with Gasteiger partial charge in [0.1, 0.15) is 12.3 Å². The third kappa shape index (κ3) is 4.96. The second-order valence-electron chi connectivity index (χ2n) is 6.75. The summed E-state index contributed by atoms with van der Waals surface area (Å²) in [5.74, 6) is -0.113. The van der Waals surface area contributed by atoms with Crippen molar-refractivity contribution in [3.8, 4) is 0 Å². The van der Waals surface area contributed by atoms with E-state index < -0.39 is 10.9 Å². The van der Waals surface area contributed by atoms with Gasteiger partial charge >= 0.3 is 5.97 Å². The fourth-order valence-corrected chi connectivity index (χ4v) is 5.57. The van der Waals surface area contributed by atoms with E-state index in [1.54, 1.807) is 11.8 Å². The van der Waals surface area contributed by atoms with Gasteiger partial charge in [-0.05, 0) is 24.6 Å². The number of non-ortho nitro benzene ring substituents is 1. The minimum absolute atomic E-state index is 0.0379. The van der Waals surface area contributed by atoms with Crippen LogP contribution in [0.15, 0.2) is 34.9 Å². The van der Waals surface area contributed by atoms with E-state index in [-0.39, 0.29) is 40.4 Å². The molecule has 1 N–H and O–H groups in total. The molecular formula is C19H21N3O6S2. The zero-order valence-corrected chi connectivity index (χ0v) is 18.1. The minimum atomic E-state index is -0.583. The van der Waals surface area contributed by atoms with Crippen LogP contribution in [0.4, 0.5) is 5.69 Å². The van der Waals surface area contributed by atoms with Crippen LogP contribution in [0.1, 0.15) is 25.8 Å². The van der Waals surface area contributed by atoms with Crippen LogP contribution in [0.2, 0.25) is 0 Å². The van der Waals surface area contributed by atoms with Crippen LogP contribution in [0, 0.1) is 10.1 Å². The zero-order valence-electron chi connectivity index (χ0n) is 16.5. The third-order valence-corrected chi connectivity index (χ3v) is 7.34. The zero-order chi connectivity index (χ0) is 21.8. The lowest BCUT2D eigenvalue weighted by atomic mass is 10.1. The predicted molar refractivity (Wildman–Crippen MR) is 113 cm³/mol. The van der Waals surface area contributed by atoms with Gasteiger partial charge in [0.05, 0.1) is 16.7 Å². The molecule has 11 heteroatoms. The van der Waals surface area contributed by atoms with Crippen LogP contribution in [0.5, 0.6) is 0 Å². The van der Waals surface area contributed by atoms with E-state index in [0.717, 1.165) is 4.91 Å². The molecular weight excluding hydrogens is 430 g/mol. The number of carbonyl (C=O) groups is 3. The first kappa shape index (κ1) is 22.2. The van der Waals surface area contributed by atoms with Crippen LogP contribution in [-0.2, 0) is 25.7 Å². The van der Waals surface area contributed by atoms with Gasteiger partial charge < -0.3 is 10.1 Å². The van der Waals surface area contributed by atoms with Gasteiger partial charge in [0, 0.05) is 41.5 Å². The second-order valence-corrected chi connectivity index (χ2v) is 9.42. The Kier molecular flexibility index (Phi) is 7.03.